The van der Waals surface area contributed by atoms with Gasteiger partial charge >= 0.3 is 0 Å². The highest BCUT2D eigenvalue weighted by Crippen LogP contribution is 2.36. The van der Waals surface area contributed by atoms with Crippen molar-refractivity contribution in [2.24, 2.45) is 0 Å². The average Bonchev–Trinajstić information content (AvgIpc) is 2.53. The summed E-state index contributed by atoms with van der Waals surface area (Å²) in [5, 5.41) is 12.7. The van der Waals surface area contributed by atoms with Crippen molar-refractivity contribution in [1.82, 2.24) is 5.32 Å². The molecule has 0 unspecified atom stereocenters. The number of hydrogen-bond donors (Lipinski definition) is 2. The molecule has 23 heavy (non-hydrogen) atoms. The minimum Gasteiger partial charge on any atom is -0.508 e. The van der Waals surface area contributed by atoms with Gasteiger partial charge in [-0.05, 0) is 25.0 Å². The van der Waals surface area contributed by atoms with Gasteiger partial charge in [-0.15, -0.1) is 0 Å². The van der Waals surface area contributed by atoms with Crippen LogP contribution >= 0.6 is 23.2 Å². The molecule has 0 aliphatic rings. The molecule has 0 heterocycles. The zero-order chi connectivity index (χ0) is 16.7. The summed E-state index contributed by atoms with van der Waals surface area (Å²) in [6.45, 7) is 0.986. The molecule has 2 N–H and O–H groups in total. The van der Waals surface area contributed by atoms with Gasteiger partial charge in [-0.3, -0.25) is 4.79 Å². The van der Waals surface area contributed by atoms with Crippen LogP contribution in [0.25, 0.3) is 0 Å². The molecule has 4 nitrogen and oxygen atoms in total. The van der Waals surface area contributed by atoms with Crippen molar-refractivity contribution >= 4 is 29.1 Å². The lowest BCUT2D eigenvalue weighted by atomic mass is 10.2. The second kappa shape index (κ2) is 8.65. The number of phenols is 1. The molecule has 2 aromatic rings. The van der Waals surface area contributed by atoms with E-state index in [1.807, 2.05) is 18.2 Å². The van der Waals surface area contributed by atoms with E-state index in [1.165, 1.54) is 12.1 Å². The highest BCUT2D eigenvalue weighted by Gasteiger charge is 2.09. The quantitative estimate of drug-likeness (QED) is 0.730. The number of aromatic hydroxyl groups is 1. The van der Waals surface area contributed by atoms with Crippen LogP contribution in [-0.4, -0.2) is 24.2 Å². The maximum absolute atomic E-state index is 11.8. The third kappa shape index (κ3) is 5.34. The SMILES string of the molecule is O=C(NCCCCOc1c(Cl)cc(O)cc1Cl)c1ccccc1. The summed E-state index contributed by atoms with van der Waals surface area (Å²) in [6.07, 6.45) is 1.51. The highest BCUT2D eigenvalue weighted by molar-refractivity contribution is 6.37. The smallest absolute Gasteiger partial charge is 0.251 e. The van der Waals surface area contributed by atoms with E-state index in [0.717, 1.165) is 12.8 Å². The number of rotatable bonds is 7. The minimum absolute atomic E-state index is 0.00373. The number of ether oxygens (including phenoxy) is 1. The number of unbranched alkanes of at least 4 members (excludes halogenated alkanes) is 1. The first-order chi connectivity index (χ1) is 11.1. The van der Waals surface area contributed by atoms with Crippen molar-refractivity contribution in [1.29, 1.82) is 0 Å². The topological polar surface area (TPSA) is 58.6 Å². The number of halogens is 2. The largest absolute Gasteiger partial charge is 0.508 e. The van der Waals surface area contributed by atoms with E-state index in [2.05, 4.69) is 5.32 Å². The van der Waals surface area contributed by atoms with Gasteiger partial charge in [-0.25, -0.2) is 0 Å². The Hall–Kier alpha value is -1.91. The van der Waals surface area contributed by atoms with E-state index in [9.17, 15) is 9.90 Å². The molecular formula is C17H17Cl2NO3. The van der Waals surface area contributed by atoms with E-state index in [-0.39, 0.29) is 21.7 Å². The summed E-state index contributed by atoms with van der Waals surface area (Å²) in [4.78, 5) is 11.8. The first-order valence-corrected chi connectivity index (χ1v) is 7.97. The van der Waals surface area contributed by atoms with Crippen LogP contribution in [0, 0.1) is 0 Å². The normalized spacial score (nSPS) is 10.3. The van der Waals surface area contributed by atoms with Gasteiger partial charge in [0.25, 0.3) is 5.91 Å². The van der Waals surface area contributed by atoms with Crippen molar-refractivity contribution in [2.75, 3.05) is 13.2 Å². The first kappa shape index (κ1) is 17.4. The lowest BCUT2D eigenvalue weighted by molar-refractivity contribution is 0.0952. The van der Waals surface area contributed by atoms with Gasteiger partial charge in [-0.2, -0.15) is 0 Å². The number of nitrogens with one attached hydrogen (secondary N) is 1. The molecule has 0 radical (unpaired) electrons. The monoisotopic (exact) mass is 353 g/mol. The molecule has 0 bridgehead atoms. The molecule has 0 saturated heterocycles. The van der Waals surface area contributed by atoms with Crippen LogP contribution in [0.5, 0.6) is 11.5 Å². The van der Waals surface area contributed by atoms with E-state index in [1.54, 1.807) is 12.1 Å². The second-order valence-corrected chi connectivity index (χ2v) is 5.73. The number of carbonyl (C=O) groups excluding carboxylic acids is 1. The van der Waals surface area contributed by atoms with Crippen molar-refractivity contribution in [2.45, 2.75) is 12.8 Å². The number of hydrogen-bond acceptors (Lipinski definition) is 3. The van der Waals surface area contributed by atoms with E-state index >= 15 is 0 Å². The van der Waals surface area contributed by atoms with Gasteiger partial charge in [0.05, 0.1) is 16.7 Å². The van der Waals surface area contributed by atoms with Gasteiger partial charge < -0.3 is 15.2 Å². The molecule has 122 valence electrons. The van der Waals surface area contributed by atoms with Crippen LogP contribution in [0.2, 0.25) is 10.0 Å². The molecule has 0 aliphatic heterocycles. The number of benzene rings is 2. The number of carbonyl (C=O) groups is 1. The van der Waals surface area contributed by atoms with Crippen molar-refractivity contribution < 1.29 is 14.6 Å². The number of phenolic OH excluding ortho intramolecular Hbond substituents is 1. The second-order valence-electron chi connectivity index (χ2n) is 4.92. The fourth-order valence-electron chi connectivity index (χ4n) is 1.98. The molecule has 0 aromatic heterocycles. The zero-order valence-electron chi connectivity index (χ0n) is 12.4. The zero-order valence-corrected chi connectivity index (χ0v) is 13.9. The molecular weight excluding hydrogens is 337 g/mol. The lowest BCUT2D eigenvalue weighted by Crippen LogP contribution is -2.24. The molecule has 2 aromatic carbocycles. The maximum atomic E-state index is 11.8. The van der Waals surface area contributed by atoms with E-state index < -0.39 is 0 Å². The molecule has 0 spiro atoms. The summed E-state index contributed by atoms with van der Waals surface area (Å²) in [6, 6.07) is 11.8. The molecule has 0 aliphatic carbocycles. The summed E-state index contributed by atoms with van der Waals surface area (Å²) in [7, 11) is 0. The Balaban J connectivity index is 1.68. The van der Waals surface area contributed by atoms with Crippen LogP contribution in [0.3, 0.4) is 0 Å². The van der Waals surface area contributed by atoms with Gasteiger partial charge in [0.2, 0.25) is 0 Å². The predicted octanol–water partition coefficient (Wildman–Crippen LogP) is 4.29. The Bertz CT molecular complexity index is 639. The number of amides is 1. The van der Waals surface area contributed by atoms with Crippen molar-refractivity contribution in [3.05, 3.63) is 58.1 Å². The van der Waals surface area contributed by atoms with Crippen molar-refractivity contribution in [3.8, 4) is 11.5 Å². The Labute approximate surface area is 145 Å². The Morgan fingerprint density at radius 2 is 1.74 bits per heavy atom. The van der Waals surface area contributed by atoms with Crippen LogP contribution in [0.15, 0.2) is 42.5 Å². The van der Waals surface area contributed by atoms with Gasteiger partial charge in [-0.1, -0.05) is 41.4 Å². The van der Waals surface area contributed by atoms with Crippen molar-refractivity contribution in [3.63, 3.8) is 0 Å². The van der Waals surface area contributed by atoms with Crippen LogP contribution in [0.4, 0.5) is 0 Å². The predicted molar refractivity (Wildman–Crippen MR) is 91.6 cm³/mol. The standard InChI is InChI=1S/C17H17Cl2NO3/c18-14-10-13(21)11-15(19)16(14)23-9-5-4-8-20-17(22)12-6-2-1-3-7-12/h1-3,6-7,10-11,21H,4-5,8-9H2,(H,20,22). The average molecular weight is 354 g/mol. The molecule has 2 rings (SSSR count). The van der Waals surface area contributed by atoms with E-state index in [4.69, 9.17) is 27.9 Å². The first-order valence-electron chi connectivity index (χ1n) is 7.22. The van der Waals surface area contributed by atoms with Crippen LogP contribution in [-0.2, 0) is 0 Å². The Kier molecular flexibility index (Phi) is 6.56. The van der Waals surface area contributed by atoms with Crippen LogP contribution < -0.4 is 10.1 Å². The molecule has 0 atom stereocenters. The fraction of sp³-hybridized carbons (Fsp3) is 0.235. The third-order valence-corrected chi connectivity index (χ3v) is 3.68. The highest BCUT2D eigenvalue weighted by atomic mass is 35.5. The molecule has 0 fully saturated rings. The minimum atomic E-state index is -0.0869. The summed E-state index contributed by atoms with van der Waals surface area (Å²) < 4.78 is 5.53. The molecule has 6 heteroatoms. The lowest BCUT2D eigenvalue weighted by Gasteiger charge is -2.10. The van der Waals surface area contributed by atoms with Crippen LogP contribution in [0.1, 0.15) is 23.2 Å². The summed E-state index contributed by atoms with van der Waals surface area (Å²) in [5.74, 6) is 0.270. The van der Waals surface area contributed by atoms with Gasteiger partial charge in [0.15, 0.2) is 5.75 Å². The maximum Gasteiger partial charge on any atom is 0.251 e. The van der Waals surface area contributed by atoms with E-state index in [0.29, 0.717) is 24.5 Å². The third-order valence-electron chi connectivity index (χ3n) is 3.12. The fourth-order valence-corrected chi connectivity index (χ4v) is 2.56. The Morgan fingerprint density at radius 3 is 2.39 bits per heavy atom. The summed E-state index contributed by atoms with van der Waals surface area (Å²) in [5.41, 5.74) is 0.645. The molecule has 0 saturated carbocycles. The van der Waals surface area contributed by atoms with Gasteiger partial charge in [0, 0.05) is 24.2 Å². The van der Waals surface area contributed by atoms with Gasteiger partial charge in [0.1, 0.15) is 5.75 Å². The Morgan fingerprint density at radius 1 is 1.09 bits per heavy atom. The molecule has 1 amide bonds. The summed E-state index contributed by atoms with van der Waals surface area (Å²) >= 11 is 11.9.